The van der Waals surface area contributed by atoms with Crippen molar-refractivity contribution in [2.45, 2.75) is 25.5 Å². The molecule has 0 aromatic heterocycles. The van der Waals surface area contributed by atoms with Gasteiger partial charge in [0.1, 0.15) is 6.61 Å². The zero-order chi connectivity index (χ0) is 22.3. The molecule has 0 spiro atoms. The van der Waals surface area contributed by atoms with Crippen LogP contribution in [0, 0.1) is 0 Å². The van der Waals surface area contributed by atoms with Gasteiger partial charge in [-0.3, -0.25) is 9.69 Å². The van der Waals surface area contributed by atoms with E-state index in [0.29, 0.717) is 30.0 Å². The van der Waals surface area contributed by atoms with E-state index >= 15 is 0 Å². The van der Waals surface area contributed by atoms with Crippen LogP contribution in [0.5, 0.6) is 0 Å². The van der Waals surface area contributed by atoms with Crippen molar-refractivity contribution in [2.24, 2.45) is 0 Å². The van der Waals surface area contributed by atoms with Gasteiger partial charge in [-0.15, -0.1) is 0 Å². The van der Waals surface area contributed by atoms with E-state index in [2.05, 4.69) is 10.2 Å². The Morgan fingerprint density at radius 3 is 2.55 bits per heavy atom. The molecule has 168 valence electrons. The van der Waals surface area contributed by atoms with Crippen LogP contribution < -0.4 is 5.32 Å². The Balaban J connectivity index is 1.56. The second kappa shape index (κ2) is 10.7. The van der Waals surface area contributed by atoms with Gasteiger partial charge in [0, 0.05) is 30.9 Å². The monoisotopic (exact) mass is 440 g/mol. The number of carbonyl (C=O) groups excluding carboxylic acids is 1. The minimum atomic E-state index is -4.20. The Kier molecular flexibility index (Phi) is 8.00. The first-order chi connectivity index (χ1) is 14.8. The van der Waals surface area contributed by atoms with Crippen LogP contribution in [0.2, 0.25) is 0 Å². The van der Waals surface area contributed by atoms with E-state index in [1.165, 1.54) is 0 Å². The van der Waals surface area contributed by atoms with Crippen molar-refractivity contribution in [2.75, 3.05) is 38.2 Å². The Bertz CT molecular complexity index is 873. The van der Waals surface area contributed by atoms with Crippen molar-refractivity contribution in [3.05, 3.63) is 65.2 Å². The first kappa shape index (κ1) is 23.2. The summed E-state index contributed by atoms with van der Waals surface area (Å²) in [5.41, 5.74) is 2.43. The molecule has 1 fully saturated rings. The number of carbonyl (C=O) groups is 1. The van der Waals surface area contributed by atoms with Gasteiger partial charge >= 0.3 is 12.3 Å². The minimum Gasteiger partial charge on any atom is -0.379 e. The molecule has 0 aliphatic carbocycles. The summed E-state index contributed by atoms with van der Waals surface area (Å²) in [4.78, 5) is 14.9. The van der Waals surface area contributed by atoms with E-state index in [0.717, 1.165) is 25.2 Å². The molecular weight excluding hydrogens is 416 g/mol. The number of anilines is 1. The van der Waals surface area contributed by atoms with E-state index in [4.69, 9.17) is 9.47 Å². The summed E-state index contributed by atoms with van der Waals surface area (Å²) < 4.78 is 60.3. The number of halogens is 4. The Hall–Kier alpha value is -2.49. The molecule has 0 unspecified atom stereocenters. The molecule has 1 saturated heterocycles. The second-order valence-corrected chi connectivity index (χ2v) is 7.30. The summed E-state index contributed by atoms with van der Waals surface area (Å²) in [5, 5.41) is 2.76. The Morgan fingerprint density at radius 2 is 1.81 bits per heavy atom. The molecule has 0 radical (unpaired) electrons. The lowest BCUT2D eigenvalue weighted by Gasteiger charge is -2.26. The third kappa shape index (κ3) is 7.02. The number of nitrogens with one attached hydrogen (secondary N) is 1. The first-order valence-corrected chi connectivity index (χ1v) is 9.86. The topological polar surface area (TPSA) is 50.8 Å². The molecule has 0 bridgehead atoms. The summed E-state index contributed by atoms with van der Waals surface area (Å²) >= 11 is 0. The highest BCUT2D eigenvalue weighted by Crippen LogP contribution is 2.23. The predicted molar refractivity (Wildman–Crippen MR) is 108 cm³/mol. The number of morpholine rings is 1. The zero-order valence-electron chi connectivity index (χ0n) is 16.8. The summed E-state index contributed by atoms with van der Waals surface area (Å²) in [6, 6.07) is 13.7. The van der Waals surface area contributed by atoms with Gasteiger partial charge in [0.05, 0.1) is 19.8 Å². The Morgan fingerprint density at radius 1 is 1.10 bits per heavy atom. The number of ether oxygens (including phenoxy) is 2. The Labute approximate surface area is 177 Å². The van der Waals surface area contributed by atoms with Gasteiger partial charge in [0.15, 0.2) is 0 Å². The summed E-state index contributed by atoms with van der Waals surface area (Å²) in [5.74, 6) is -4.51. The number of hydrogen-bond acceptors (Lipinski definition) is 4. The summed E-state index contributed by atoms with van der Waals surface area (Å²) in [6.45, 7) is 2.14. The van der Waals surface area contributed by atoms with E-state index in [9.17, 15) is 22.4 Å². The average molecular weight is 440 g/mol. The predicted octanol–water partition coefficient (Wildman–Crippen LogP) is 4.19. The average Bonchev–Trinajstić information content (AvgIpc) is 2.75. The van der Waals surface area contributed by atoms with Crippen LogP contribution in [0.3, 0.4) is 0 Å². The standard InChI is InChI=1S/C22H24F4N2O3/c23-21(24)22(25,26)15-31-14-17-4-2-6-19(12-17)27-20(29)18-5-1-3-16(11-18)13-28-7-9-30-10-8-28/h1-6,11-12,21H,7-10,13-15H2,(H,27,29). The number of benzene rings is 2. The van der Waals surface area contributed by atoms with Crippen LogP contribution >= 0.6 is 0 Å². The highest BCUT2D eigenvalue weighted by atomic mass is 19.3. The molecule has 1 heterocycles. The first-order valence-electron chi connectivity index (χ1n) is 9.86. The molecule has 2 aromatic rings. The van der Waals surface area contributed by atoms with Crippen LogP contribution in [0.4, 0.5) is 23.2 Å². The molecular formula is C22H24F4N2O3. The fourth-order valence-electron chi connectivity index (χ4n) is 3.14. The lowest BCUT2D eigenvalue weighted by molar-refractivity contribution is -0.168. The second-order valence-electron chi connectivity index (χ2n) is 7.30. The third-order valence-corrected chi connectivity index (χ3v) is 4.77. The number of rotatable bonds is 9. The smallest absolute Gasteiger partial charge is 0.330 e. The van der Waals surface area contributed by atoms with Crippen molar-refractivity contribution in [1.82, 2.24) is 4.90 Å². The van der Waals surface area contributed by atoms with E-state index < -0.39 is 19.0 Å². The lowest BCUT2D eigenvalue weighted by Crippen LogP contribution is -2.35. The lowest BCUT2D eigenvalue weighted by atomic mass is 10.1. The van der Waals surface area contributed by atoms with Crippen LogP contribution in [-0.2, 0) is 22.6 Å². The maximum atomic E-state index is 12.9. The van der Waals surface area contributed by atoms with Crippen LogP contribution in [0.1, 0.15) is 21.5 Å². The SMILES string of the molecule is O=C(Nc1cccc(COCC(F)(F)C(F)F)c1)c1cccc(CN2CCOCC2)c1. The van der Waals surface area contributed by atoms with Crippen molar-refractivity contribution < 1.29 is 31.8 Å². The fourth-order valence-corrected chi connectivity index (χ4v) is 3.14. The molecule has 9 heteroatoms. The molecule has 0 atom stereocenters. The zero-order valence-corrected chi connectivity index (χ0v) is 16.8. The highest BCUT2D eigenvalue weighted by molar-refractivity contribution is 6.04. The van der Waals surface area contributed by atoms with Crippen molar-refractivity contribution in [3.63, 3.8) is 0 Å². The molecule has 1 N–H and O–H groups in total. The number of nitrogens with zero attached hydrogens (tertiary/aromatic N) is 1. The largest absolute Gasteiger partial charge is 0.379 e. The number of alkyl halides is 4. The van der Waals surface area contributed by atoms with Gasteiger partial charge in [-0.25, -0.2) is 8.78 Å². The number of amides is 1. The molecule has 1 aliphatic heterocycles. The highest BCUT2D eigenvalue weighted by Gasteiger charge is 2.40. The third-order valence-electron chi connectivity index (χ3n) is 4.77. The number of hydrogen-bond donors (Lipinski definition) is 1. The van der Waals surface area contributed by atoms with Crippen molar-refractivity contribution in [1.29, 1.82) is 0 Å². The summed E-state index contributed by atoms with van der Waals surface area (Å²) in [6.07, 6.45) is -3.78. The molecule has 0 saturated carbocycles. The maximum absolute atomic E-state index is 12.9. The van der Waals surface area contributed by atoms with Gasteiger partial charge < -0.3 is 14.8 Å². The molecule has 2 aromatic carbocycles. The van der Waals surface area contributed by atoms with Crippen LogP contribution in [0.25, 0.3) is 0 Å². The van der Waals surface area contributed by atoms with Gasteiger partial charge in [-0.05, 0) is 35.4 Å². The van der Waals surface area contributed by atoms with Crippen molar-refractivity contribution in [3.8, 4) is 0 Å². The molecule has 1 aliphatic rings. The van der Waals surface area contributed by atoms with E-state index in [1.54, 1.807) is 30.3 Å². The summed E-state index contributed by atoms with van der Waals surface area (Å²) in [7, 11) is 0. The molecule has 31 heavy (non-hydrogen) atoms. The molecule has 5 nitrogen and oxygen atoms in total. The molecule has 1 amide bonds. The van der Waals surface area contributed by atoms with Crippen LogP contribution in [0.15, 0.2) is 48.5 Å². The van der Waals surface area contributed by atoms with E-state index in [-0.39, 0.29) is 12.5 Å². The van der Waals surface area contributed by atoms with Gasteiger partial charge in [-0.2, -0.15) is 8.78 Å². The van der Waals surface area contributed by atoms with Crippen molar-refractivity contribution >= 4 is 11.6 Å². The molecule has 3 rings (SSSR count). The van der Waals surface area contributed by atoms with Crippen LogP contribution in [-0.4, -0.2) is 56.1 Å². The van der Waals surface area contributed by atoms with E-state index in [1.807, 2.05) is 18.2 Å². The van der Waals surface area contributed by atoms with Gasteiger partial charge in [0.25, 0.3) is 5.91 Å². The normalized spacial score (nSPS) is 15.3. The minimum absolute atomic E-state index is 0.277. The van der Waals surface area contributed by atoms with Gasteiger partial charge in [-0.1, -0.05) is 24.3 Å². The maximum Gasteiger partial charge on any atom is 0.330 e. The van der Waals surface area contributed by atoms with Gasteiger partial charge in [0.2, 0.25) is 0 Å². The quantitative estimate of drug-likeness (QED) is 0.595. The fraction of sp³-hybridized carbons (Fsp3) is 0.409.